The first kappa shape index (κ1) is 16.8. The molecule has 0 spiro atoms. The van der Waals surface area contributed by atoms with Crippen LogP contribution in [0.1, 0.15) is 18.9 Å². The first-order chi connectivity index (χ1) is 10.5. The molecule has 5 heteroatoms. The molecule has 1 heterocycles. The summed E-state index contributed by atoms with van der Waals surface area (Å²) in [5.41, 5.74) is 1.06. The van der Waals surface area contributed by atoms with Crippen LogP contribution in [0.15, 0.2) is 30.9 Å². The maximum absolute atomic E-state index is 11.2. The van der Waals surface area contributed by atoms with Crippen molar-refractivity contribution in [2.75, 3.05) is 19.7 Å². The Morgan fingerprint density at radius 1 is 1.55 bits per heavy atom. The fourth-order valence-electron chi connectivity index (χ4n) is 2.94. The van der Waals surface area contributed by atoms with Gasteiger partial charge in [0.15, 0.2) is 0 Å². The van der Waals surface area contributed by atoms with Gasteiger partial charge in [0.2, 0.25) is 0 Å². The number of likely N-dealkylation sites (tertiary alicyclic amines) is 1. The maximum Gasteiger partial charge on any atom is 0.307 e. The highest BCUT2D eigenvalue weighted by molar-refractivity contribution is 6.32. The van der Waals surface area contributed by atoms with Crippen LogP contribution in [0.4, 0.5) is 0 Å². The first-order valence-corrected chi connectivity index (χ1v) is 7.84. The zero-order chi connectivity index (χ0) is 16.1. The lowest BCUT2D eigenvalue weighted by Crippen LogP contribution is -2.41. The minimum Gasteiger partial charge on any atom is -0.488 e. The predicted octanol–water partition coefficient (Wildman–Crippen LogP) is 3.45. The average molecular weight is 324 g/mol. The third-order valence-electron chi connectivity index (χ3n) is 3.84. The number of ether oxygens (including phenoxy) is 1. The highest BCUT2D eigenvalue weighted by Crippen LogP contribution is 2.28. The molecular formula is C17H22ClNO3. The van der Waals surface area contributed by atoms with E-state index in [-0.39, 0.29) is 5.92 Å². The van der Waals surface area contributed by atoms with Gasteiger partial charge in [0.1, 0.15) is 12.4 Å². The van der Waals surface area contributed by atoms with Crippen LogP contribution in [-0.2, 0) is 11.3 Å². The van der Waals surface area contributed by atoms with Gasteiger partial charge < -0.3 is 9.84 Å². The Balaban J connectivity index is 2.02. The lowest BCUT2D eigenvalue weighted by Gasteiger charge is -2.34. The van der Waals surface area contributed by atoms with Crippen molar-refractivity contribution in [3.8, 4) is 5.75 Å². The monoisotopic (exact) mass is 323 g/mol. The number of piperidine rings is 1. The number of nitrogens with zero attached hydrogens (tertiary/aromatic N) is 1. The summed E-state index contributed by atoms with van der Waals surface area (Å²) in [5, 5.41) is 9.80. The quantitative estimate of drug-likeness (QED) is 0.815. The minimum atomic E-state index is -0.706. The van der Waals surface area contributed by atoms with E-state index in [9.17, 15) is 9.90 Å². The fourth-order valence-corrected chi connectivity index (χ4v) is 3.19. The van der Waals surface area contributed by atoms with E-state index in [0.717, 1.165) is 18.5 Å². The number of carboxylic acid groups (broad SMARTS) is 1. The Morgan fingerprint density at radius 2 is 2.32 bits per heavy atom. The summed E-state index contributed by atoms with van der Waals surface area (Å²) < 4.78 is 5.46. The third-order valence-corrected chi connectivity index (χ3v) is 4.14. The van der Waals surface area contributed by atoms with E-state index < -0.39 is 5.97 Å². The van der Waals surface area contributed by atoms with Crippen LogP contribution in [0.2, 0.25) is 5.02 Å². The summed E-state index contributed by atoms with van der Waals surface area (Å²) >= 11 is 6.22. The molecule has 0 saturated carbocycles. The Hall–Kier alpha value is -1.52. The molecule has 1 N–H and O–H groups in total. The molecule has 1 aliphatic rings. The van der Waals surface area contributed by atoms with Crippen LogP contribution >= 0.6 is 11.6 Å². The van der Waals surface area contributed by atoms with Crippen molar-refractivity contribution in [1.29, 1.82) is 0 Å². The fraction of sp³-hybridized carbons (Fsp3) is 0.471. The van der Waals surface area contributed by atoms with Crippen molar-refractivity contribution in [1.82, 2.24) is 4.90 Å². The molecule has 1 saturated heterocycles. The van der Waals surface area contributed by atoms with E-state index in [1.54, 1.807) is 6.08 Å². The van der Waals surface area contributed by atoms with Gasteiger partial charge in [-0.1, -0.05) is 37.2 Å². The average Bonchev–Trinajstić information content (AvgIpc) is 2.46. The van der Waals surface area contributed by atoms with E-state index in [0.29, 0.717) is 36.4 Å². The second-order valence-electron chi connectivity index (χ2n) is 5.93. The van der Waals surface area contributed by atoms with Crippen molar-refractivity contribution in [3.05, 3.63) is 41.4 Å². The first-order valence-electron chi connectivity index (χ1n) is 7.47. The number of rotatable bonds is 6. The molecule has 0 radical (unpaired) electrons. The number of halogens is 1. The number of carboxylic acids is 1. The molecule has 1 aliphatic heterocycles. The smallest absolute Gasteiger partial charge is 0.307 e. The maximum atomic E-state index is 11.2. The van der Waals surface area contributed by atoms with Crippen molar-refractivity contribution < 1.29 is 14.6 Å². The van der Waals surface area contributed by atoms with Crippen LogP contribution < -0.4 is 4.74 Å². The third kappa shape index (κ3) is 4.49. The summed E-state index contributed by atoms with van der Waals surface area (Å²) in [6, 6.07) is 5.71. The molecule has 0 bridgehead atoms. The molecule has 4 nitrogen and oxygen atoms in total. The second-order valence-corrected chi connectivity index (χ2v) is 6.34. The van der Waals surface area contributed by atoms with E-state index in [2.05, 4.69) is 18.4 Å². The van der Waals surface area contributed by atoms with Gasteiger partial charge in [-0.15, -0.1) is 0 Å². The molecule has 120 valence electrons. The van der Waals surface area contributed by atoms with Crippen LogP contribution in [0.3, 0.4) is 0 Å². The molecule has 2 rings (SSSR count). The van der Waals surface area contributed by atoms with Gasteiger partial charge in [-0.3, -0.25) is 9.69 Å². The highest BCUT2D eigenvalue weighted by atomic mass is 35.5. The van der Waals surface area contributed by atoms with Gasteiger partial charge in [-0.2, -0.15) is 0 Å². The topological polar surface area (TPSA) is 49.8 Å². The second kappa shape index (κ2) is 7.65. The number of hydrogen-bond donors (Lipinski definition) is 1. The normalized spacial score (nSPS) is 22.3. The van der Waals surface area contributed by atoms with Crippen molar-refractivity contribution in [2.24, 2.45) is 11.8 Å². The zero-order valence-corrected chi connectivity index (χ0v) is 13.6. The Morgan fingerprint density at radius 3 is 2.95 bits per heavy atom. The van der Waals surface area contributed by atoms with E-state index >= 15 is 0 Å². The molecule has 2 atom stereocenters. The van der Waals surface area contributed by atoms with Crippen LogP contribution in [0.5, 0.6) is 5.75 Å². The minimum absolute atomic E-state index is 0.283. The highest BCUT2D eigenvalue weighted by Gasteiger charge is 2.29. The molecule has 1 fully saturated rings. The predicted molar refractivity (Wildman–Crippen MR) is 87.3 cm³/mol. The molecule has 1 aromatic carbocycles. The van der Waals surface area contributed by atoms with Crippen molar-refractivity contribution in [3.63, 3.8) is 0 Å². The summed E-state index contributed by atoms with van der Waals surface area (Å²) in [6.45, 7) is 8.33. The molecule has 0 aromatic heterocycles. The van der Waals surface area contributed by atoms with E-state index in [1.165, 1.54) is 0 Å². The lowest BCUT2D eigenvalue weighted by atomic mass is 9.90. The molecular weight excluding hydrogens is 302 g/mol. The molecule has 22 heavy (non-hydrogen) atoms. The number of carbonyl (C=O) groups is 1. The SMILES string of the molecule is C=CCOc1ccc(CN2CC(C)CC(C(=O)O)C2)cc1Cl. The van der Waals surface area contributed by atoms with Gasteiger partial charge >= 0.3 is 5.97 Å². The van der Waals surface area contributed by atoms with Gasteiger partial charge in [-0.05, 0) is 30.0 Å². The van der Waals surface area contributed by atoms with E-state index in [1.807, 2.05) is 18.2 Å². The molecule has 0 amide bonds. The van der Waals surface area contributed by atoms with Gasteiger partial charge in [0, 0.05) is 19.6 Å². The van der Waals surface area contributed by atoms with E-state index in [4.69, 9.17) is 16.3 Å². The standard InChI is InChI=1S/C17H22ClNO3/c1-3-6-22-16-5-4-13(8-15(16)18)10-19-9-12(2)7-14(11-19)17(20)21/h3-5,8,12,14H,1,6-7,9-11H2,2H3,(H,20,21). The van der Waals surface area contributed by atoms with Crippen LogP contribution in [0, 0.1) is 11.8 Å². The van der Waals surface area contributed by atoms with Crippen LogP contribution in [0.25, 0.3) is 0 Å². The molecule has 2 unspecified atom stereocenters. The van der Waals surface area contributed by atoms with Gasteiger partial charge in [-0.25, -0.2) is 0 Å². The largest absolute Gasteiger partial charge is 0.488 e. The van der Waals surface area contributed by atoms with Gasteiger partial charge in [0.25, 0.3) is 0 Å². The van der Waals surface area contributed by atoms with Gasteiger partial charge in [0.05, 0.1) is 10.9 Å². The Labute approximate surface area is 136 Å². The molecule has 0 aliphatic carbocycles. The number of hydrogen-bond acceptors (Lipinski definition) is 3. The lowest BCUT2D eigenvalue weighted by molar-refractivity contribution is -0.144. The van der Waals surface area contributed by atoms with Crippen LogP contribution in [-0.4, -0.2) is 35.7 Å². The number of aliphatic carboxylic acids is 1. The Kier molecular flexibility index (Phi) is 5.86. The van der Waals surface area contributed by atoms with Crippen molar-refractivity contribution >= 4 is 17.6 Å². The van der Waals surface area contributed by atoms with Crippen molar-refractivity contribution in [2.45, 2.75) is 19.9 Å². The summed E-state index contributed by atoms with van der Waals surface area (Å²) in [6.07, 6.45) is 2.42. The zero-order valence-electron chi connectivity index (χ0n) is 12.8. The summed E-state index contributed by atoms with van der Waals surface area (Å²) in [4.78, 5) is 13.4. The Bertz CT molecular complexity index is 547. The summed E-state index contributed by atoms with van der Waals surface area (Å²) in [7, 11) is 0. The number of benzene rings is 1. The summed E-state index contributed by atoms with van der Waals surface area (Å²) in [5.74, 6) is 0.0402. The molecule has 1 aromatic rings.